The maximum absolute atomic E-state index is 11.6. The van der Waals surface area contributed by atoms with Gasteiger partial charge in [0.2, 0.25) is 6.41 Å². The molecule has 3 unspecified atom stereocenters. The van der Waals surface area contributed by atoms with Crippen LogP contribution in [0.15, 0.2) is 24.3 Å². The van der Waals surface area contributed by atoms with Crippen molar-refractivity contribution in [3.05, 3.63) is 35.4 Å². The lowest BCUT2D eigenvalue weighted by atomic mass is 9.78. The standard InChI is InChI=1S/C17H21NO3/c1-21-16(20)10-18(11-19)17-14-8-4-2-6-12(14)13-7-3-5-9-15(13)17/h2,4,6,8,11,13,15,17H,3,5,7,9-10H2,1H3. The molecule has 0 aliphatic heterocycles. The molecule has 3 atom stereocenters. The monoisotopic (exact) mass is 287 g/mol. The minimum absolute atomic E-state index is 0.0168. The van der Waals surface area contributed by atoms with E-state index in [4.69, 9.17) is 4.74 Å². The predicted octanol–water partition coefficient (Wildman–Crippen LogP) is 2.65. The largest absolute Gasteiger partial charge is 0.468 e. The number of methoxy groups -OCH3 is 1. The van der Waals surface area contributed by atoms with Gasteiger partial charge in [-0.1, -0.05) is 37.1 Å². The Morgan fingerprint density at radius 1 is 1.29 bits per heavy atom. The van der Waals surface area contributed by atoms with Crippen molar-refractivity contribution in [1.82, 2.24) is 4.90 Å². The van der Waals surface area contributed by atoms with Gasteiger partial charge in [0, 0.05) is 0 Å². The Morgan fingerprint density at radius 2 is 2.00 bits per heavy atom. The Bertz CT molecular complexity index is 543. The highest BCUT2D eigenvalue weighted by molar-refractivity contribution is 5.74. The third-order valence-electron chi connectivity index (χ3n) is 4.97. The number of hydrogen-bond donors (Lipinski definition) is 0. The number of rotatable bonds is 4. The maximum atomic E-state index is 11.6. The molecule has 4 nitrogen and oxygen atoms in total. The molecule has 0 N–H and O–H groups in total. The van der Waals surface area contributed by atoms with Crippen LogP contribution in [0.2, 0.25) is 0 Å². The first-order chi connectivity index (χ1) is 10.3. The van der Waals surface area contributed by atoms with Gasteiger partial charge < -0.3 is 9.64 Å². The van der Waals surface area contributed by atoms with Crippen LogP contribution in [0.25, 0.3) is 0 Å². The maximum Gasteiger partial charge on any atom is 0.325 e. The van der Waals surface area contributed by atoms with E-state index in [1.807, 2.05) is 6.07 Å². The molecule has 1 amide bonds. The molecule has 4 heteroatoms. The Balaban J connectivity index is 1.95. The van der Waals surface area contributed by atoms with Crippen LogP contribution in [0.4, 0.5) is 0 Å². The van der Waals surface area contributed by atoms with E-state index in [2.05, 4.69) is 18.2 Å². The van der Waals surface area contributed by atoms with Gasteiger partial charge >= 0.3 is 5.97 Å². The van der Waals surface area contributed by atoms with Gasteiger partial charge in [-0.2, -0.15) is 0 Å². The molecule has 0 aromatic heterocycles. The third-order valence-corrected chi connectivity index (χ3v) is 4.97. The molecule has 2 aliphatic carbocycles. The van der Waals surface area contributed by atoms with E-state index in [0.29, 0.717) is 11.8 Å². The van der Waals surface area contributed by atoms with Crippen molar-refractivity contribution in [3.8, 4) is 0 Å². The third kappa shape index (κ3) is 2.43. The van der Waals surface area contributed by atoms with Gasteiger partial charge in [0.15, 0.2) is 0 Å². The molecule has 3 rings (SSSR count). The molecule has 0 radical (unpaired) electrons. The summed E-state index contributed by atoms with van der Waals surface area (Å²) in [5, 5.41) is 0. The second-order valence-corrected chi connectivity index (χ2v) is 5.98. The number of amides is 1. The molecule has 112 valence electrons. The molecule has 1 fully saturated rings. The Hall–Kier alpha value is -1.84. The summed E-state index contributed by atoms with van der Waals surface area (Å²) >= 11 is 0. The van der Waals surface area contributed by atoms with Gasteiger partial charge in [0.25, 0.3) is 0 Å². The number of carbonyl (C=O) groups is 2. The van der Waals surface area contributed by atoms with Crippen LogP contribution in [0, 0.1) is 5.92 Å². The normalized spacial score (nSPS) is 26.6. The number of ether oxygens (including phenoxy) is 1. The fraction of sp³-hybridized carbons (Fsp3) is 0.529. The molecule has 21 heavy (non-hydrogen) atoms. The molecular weight excluding hydrogens is 266 g/mol. The van der Waals surface area contributed by atoms with Crippen molar-refractivity contribution in [2.75, 3.05) is 13.7 Å². The minimum atomic E-state index is -0.362. The van der Waals surface area contributed by atoms with E-state index in [1.54, 1.807) is 4.90 Å². The molecule has 0 saturated heterocycles. The van der Waals surface area contributed by atoms with E-state index in [1.165, 1.54) is 37.5 Å². The fourth-order valence-corrected chi connectivity index (χ4v) is 4.11. The highest BCUT2D eigenvalue weighted by Crippen LogP contribution is 2.53. The van der Waals surface area contributed by atoms with E-state index >= 15 is 0 Å². The lowest BCUT2D eigenvalue weighted by molar-refractivity contribution is -0.145. The van der Waals surface area contributed by atoms with E-state index in [9.17, 15) is 9.59 Å². The van der Waals surface area contributed by atoms with Gasteiger partial charge in [-0.15, -0.1) is 0 Å². The van der Waals surface area contributed by atoms with Crippen molar-refractivity contribution in [3.63, 3.8) is 0 Å². The van der Waals surface area contributed by atoms with E-state index in [0.717, 1.165) is 12.8 Å². The van der Waals surface area contributed by atoms with Crippen LogP contribution < -0.4 is 0 Å². The SMILES string of the molecule is COC(=O)CN(C=O)C1c2ccccc2C2CCCCC21. The first-order valence-corrected chi connectivity index (χ1v) is 7.63. The molecule has 0 bridgehead atoms. The average Bonchev–Trinajstić information content (AvgIpc) is 2.87. The molecule has 1 aromatic carbocycles. The molecule has 0 spiro atoms. The molecule has 1 aromatic rings. The number of esters is 1. The average molecular weight is 287 g/mol. The number of nitrogens with zero attached hydrogens (tertiary/aromatic N) is 1. The van der Waals surface area contributed by atoms with E-state index < -0.39 is 0 Å². The summed E-state index contributed by atoms with van der Waals surface area (Å²) < 4.78 is 4.73. The van der Waals surface area contributed by atoms with Crippen LogP contribution in [0.1, 0.15) is 48.8 Å². The summed E-state index contributed by atoms with van der Waals surface area (Å²) in [6.07, 6.45) is 5.56. The molecular formula is C17H21NO3. The second kappa shape index (κ2) is 5.88. The van der Waals surface area contributed by atoms with Crippen LogP contribution >= 0.6 is 0 Å². The summed E-state index contributed by atoms with van der Waals surface area (Å²) in [6, 6.07) is 8.39. The van der Waals surface area contributed by atoms with Crippen LogP contribution in [-0.4, -0.2) is 30.9 Å². The van der Waals surface area contributed by atoms with Crippen LogP contribution in [-0.2, 0) is 14.3 Å². The van der Waals surface area contributed by atoms with Crippen molar-refractivity contribution >= 4 is 12.4 Å². The summed E-state index contributed by atoms with van der Waals surface area (Å²) in [5.41, 5.74) is 2.58. The summed E-state index contributed by atoms with van der Waals surface area (Å²) in [6.45, 7) is 0.0300. The number of carbonyl (C=O) groups excluding carboxylic acids is 2. The zero-order valence-corrected chi connectivity index (χ0v) is 12.3. The van der Waals surface area contributed by atoms with Crippen LogP contribution in [0.5, 0.6) is 0 Å². The lowest BCUT2D eigenvalue weighted by Gasteiger charge is -2.34. The molecule has 0 heterocycles. The highest BCUT2D eigenvalue weighted by Gasteiger charge is 2.44. The van der Waals surface area contributed by atoms with Gasteiger partial charge in [0.05, 0.1) is 13.2 Å². The zero-order valence-electron chi connectivity index (χ0n) is 12.3. The first-order valence-electron chi connectivity index (χ1n) is 7.63. The number of hydrogen-bond acceptors (Lipinski definition) is 3. The first kappa shape index (κ1) is 14.1. The molecule has 2 aliphatic rings. The van der Waals surface area contributed by atoms with Crippen molar-refractivity contribution in [1.29, 1.82) is 0 Å². The summed E-state index contributed by atoms with van der Waals surface area (Å²) in [7, 11) is 1.36. The fourth-order valence-electron chi connectivity index (χ4n) is 4.11. The Morgan fingerprint density at radius 3 is 2.71 bits per heavy atom. The summed E-state index contributed by atoms with van der Waals surface area (Å²) in [4.78, 5) is 24.8. The number of fused-ring (bicyclic) bond motifs is 3. The summed E-state index contributed by atoms with van der Waals surface area (Å²) in [5.74, 6) is 0.602. The Kier molecular flexibility index (Phi) is 3.95. The highest BCUT2D eigenvalue weighted by atomic mass is 16.5. The smallest absolute Gasteiger partial charge is 0.325 e. The van der Waals surface area contributed by atoms with Crippen molar-refractivity contribution < 1.29 is 14.3 Å². The van der Waals surface area contributed by atoms with Gasteiger partial charge in [-0.3, -0.25) is 9.59 Å². The second-order valence-electron chi connectivity index (χ2n) is 5.98. The quantitative estimate of drug-likeness (QED) is 0.632. The van der Waals surface area contributed by atoms with Crippen molar-refractivity contribution in [2.24, 2.45) is 5.92 Å². The van der Waals surface area contributed by atoms with E-state index in [-0.39, 0.29) is 18.6 Å². The lowest BCUT2D eigenvalue weighted by Crippen LogP contribution is -2.36. The topological polar surface area (TPSA) is 46.6 Å². The zero-order chi connectivity index (χ0) is 14.8. The molecule has 1 saturated carbocycles. The van der Waals surface area contributed by atoms with Crippen LogP contribution in [0.3, 0.4) is 0 Å². The minimum Gasteiger partial charge on any atom is -0.468 e. The Labute approximate surface area is 125 Å². The predicted molar refractivity (Wildman–Crippen MR) is 78.7 cm³/mol. The number of benzene rings is 1. The van der Waals surface area contributed by atoms with Crippen molar-refractivity contribution in [2.45, 2.75) is 37.6 Å². The van der Waals surface area contributed by atoms with Gasteiger partial charge in [-0.05, 0) is 35.8 Å². The van der Waals surface area contributed by atoms with Gasteiger partial charge in [0.1, 0.15) is 6.54 Å². The van der Waals surface area contributed by atoms with Gasteiger partial charge in [-0.25, -0.2) is 0 Å².